The summed E-state index contributed by atoms with van der Waals surface area (Å²) in [5.74, 6) is 0.917. The minimum Gasteiger partial charge on any atom is -0.484 e. The lowest BCUT2D eigenvalue weighted by Gasteiger charge is -2.06. The van der Waals surface area contributed by atoms with Crippen molar-refractivity contribution in [3.63, 3.8) is 0 Å². The van der Waals surface area contributed by atoms with Gasteiger partial charge in [0.15, 0.2) is 11.6 Å². The van der Waals surface area contributed by atoms with E-state index in [0.717, 1.165) is 10.0 Å². The van der Waals surface area contributed by atoms with Crippen molar-refractivity contribution in [2.45, 2.75) is 13.2 Å². The van der Waals surface area contributed by atoms with Crippen LogP contribution in [0.15, 0.2) is 75.8 Å². The predicted molar refractivity (Wildman–Crippen MR) is 123 cm³/mol. The summed E-state index contributed by atoms with van der Waals surface area (Å²) in [7, 11) is 0. The van der Waals surface area contributed by atoms with Gasteiger partial charge in [0.25, 0.3) is 5.91 Å². The summed E-state index contributed by atoms with van der Waals surface area (Å²) in [4.78, 5) is 12.5. The van der Waals surface area contributed by atoms with E-state index in [-0.39, 0.29) is 18.2 Å². The third kappa shape index (κ3) is 5.50. The average Bonchev–Trinajstić information content (AvgIpc) is 3.35. The Bertz CT molecular complexity index is 1210. The van der Waals surface area contributed by atoms with E-state index in [1.54, 1.807) is 35.1 Å². The van der Waals surface area contributed by atoms with Crippen LogP contribution < -0.4 is 10.1 Å². The molecule has 0 aliphatic carbocycles. The first-order chi connectivity index (χ1) is 15.0. The molecule has 0 unspecified atom stereocenters. The molecule has 1 amide bonds. The van der Waals surface area contributed by atoms with Crippen LogP contribution in [0.3, 0.4) is 0 Å². The normalized spacial score (nSPS) is 10.8. The fourth-order valence-electron chi connectivity index (χ4n) is 2.82. The van der Waals surface area contributed by atoms with Crippen molar-refractivity contribution < 1.29 is 13.9 Å². The number of nitrogens with one attached hydrogen (secondary N) is 1. The molecule has 0 bridgehead atoms. The van der Waals surface area contributed by atoms with E-state index in [0.29, 0.717) is 28.1 Å². The van der Waals surface area contributed by atoms with Crippen LogP contribution in [0.1, 0.15) is 21.9 Å². The number of aromatic nitrogens is 2. The molecule has 0 aliphatic rings. The SMILES string of the molecule is O=C(Nc1nn(Cc2ccccc2)cc1Cl)c1ccc(COc2ccc(Br)cc2Cl)o1. The number of carbonyl (C=O) groups is 1. The Balaban J connectivity index is 1.38. The van der Waals surface area contributed by atoms with Crippen LogP contribution in [0, 0.1) is 0 Å². The number of furan rings is 1. The summed E-state index contributed by atoms with van der Waals surface area (Å²) in [6.07, 6.45) is 1.66. The Morgan fingerprint density at radius 2 is 1.90 bits per heavy atom. The molecule has 4 rings (SSSR count). The van der Waals surface area contributed by atoms with E-state index in [1.807, 2.05) is 36.4 Å². The first-order valence-electron chi connectivity index (χ1n) is 9.23. The molecule has 0 saturated heterocycles. The average molecular weight is 521 g/mol. The predicted octanol–water partition coefficient (Wildman–Crippen LogP) is 6.43. The zero-order valence-electron chi connectivity index (χ0n) is 16.0. The van der Waals surface area contributed by atoms with Crippen molar-refractivity contribution in [1.29, 1.82) is 0 Å². The number of carbonyl (C=O) groups excluding carboxylic acids is 1. The maximum atomic E-state index is 12.5. The molecule has 0 spiro atoms. The minimum atomic E-state index is -0.459. The molecule has 4 aromatic rings. The fraction of sp³-hybridized carbons (Fsp3) is 0.0909. The third-order valence-electron chi connectivity index (χ3n) is 4.29. The van der Waals surface area contributed by atoms with Gasteiger partial charge < -0.3 is 14.5 Å². The lowest BCUT2D eigenvalue weighted by molar-refractivity contribution is 0.0992. The number of halogens is 3. The van der Waals surface area contributed by atoms with Gasteiger partial charge in [0.1, 0.15) is 23.1 Å². The van der Waals surface area contributed by atoms with Crippen LogP contribution in [-0.2, 0) is 13.2 Å². The van der Waals surface area contributed by atoms with Gasteiger partial charge >= 0.3 is 0 Å². The van der Waals surface area contributed by atoms with Gasteiger partial charge in [0.05, 0.1) is 11.6 Å². The van der Waals surface area contributed by atoms with Gasteiger partial charge in [0, 0.05) is 10.7 Å². The molecule has 1 N–H and O–H groups in total. The Morgan fingerprint density at radius 1 is 1.10 bits per heavy atom. The molecule has 158 valence electrons. The number of anilines is 1. The van der Waals surface area contributed by atoms with Gasteiger partial charge in [-0.1, -0.05) is 69.5 Å². The van der Waals surface area contributed by atoms with Gasteiger partial charge in [-0.05, 0) is 35.9 Å². The molecule has 0 aliphatic heterocycles. The van der Waals surface area contributed by atoms with Crippen molar-refractivity contribution in [3.05, 3.63) is 98.5 Å². The lowest BCUT2D eigenvalue weighted by atomic mass is 10.2. The number of hydrogen-bond donors (Lipinski definition) is 1. The van der Waals surface area contributed by atoms with Crippen molar-refractivity contribution in [2.24, 2.45) is 0 Å². The number of ether oxygens (including phenoxy) is 1. The first kappa shape index (κ1) is 21.5. The zero-order chi connectivity index (χ0) is 21.8. The second-order valence-corrected chi connectivity index (χ2v) is 8.32. The van der Waals surface area contributed by atoms with E-state index in [1.165, 1.54) is 0 Å². The number of benzene rings is 2. The lowest BCUT2D eigenvalue weighted by Crippen LogP contribution is -2.12. The summed E-state index contributed by atoms with van der Waals surface area (Å²) in [5, 5.41) is 7.82. The van der Waals surface area contributed by atoms with Crippen LogP contribution in [0.4, 0.5) is 5.82 Å². The quantitative estimate of drug-likeness (QED) is 0.305. The van der Waals surface area contributed by atoms with Gasteiger partial charge in [-0.15, -0.1) is 0 Å². The Morgan fingerprint density at radius 3 is 2.68 bits per heavy atom. The van der Waals surface area contributed by atoms with E-state index in [2.05, 4.69) is 26.3 Å². The first-order valence-corrected chi connectivity index (χ1v) is 10.8. The van der Waals surface area contributed by atoms with Gasteiger partial charge in [-0.2, -0.15) is 5.10 Å². The molecular weight excluding hydrogens is 505 g/mol. The van der Waals surface area contributed by atoms with Gasteiger partial charge in [-0.25, -0.2) is 0 Å². The molecule has 0 saturated carbocycles. The second kappa shape index (κ2) is 9.60. The Labute approximate surface area is 196 Å². The van der Waals surface area contributed by atoms with E-state index >= 15 is 0 Å². The monoisotopic (exact) mass is 519 g/mol. The highest BCUT2D eigenvalue weighted by Crippen LogP contribution is 2.28. The van der Waals surface area contributed by atoms with Crippen LogP contribution in [0.25, 0.3) is 0 Å². The molecule has 6 nitrogen and oxygen atoms in total. The molecule has 2 heterocycles. The molecule has 2 aromatic carbocycles. The number of rotatable bonds is 7. The van der Waals surface area contributed by atoms with Crippen molar-refractivity contribution >= 4 is 50.9 Å². The highest BCUT2D eigenvalue weighted by molar-refractivity contribution is 9.10. The maximum absolute atomic E-state index is 12.5. The van der Waals surface area contributed by atoms with Crippen molar-refractivity contribution in [3.8, 4) is 5.75 Å². The summed E-state index contributed by atoms with van der Waals surface area (Å²) in [5.41, 5.74) is 1.07. The summed E-state index contributed by atoms with van der Waals surface area (Å²) in [6.45, 7) is 0.665. The standard InChI is InChI=1S/C22H16BrCl2N3O3/c23-15-6-8-19(17(24)10-15)30-13-16-7-9-20(31-16)22(29)26-21-18(25)12-28(27-21)11-14-4-2-1-3-5-14/h1-10,12H,11,13H2,(H,26,27,29). The van der Waals surface area contributed by atoms with E-state index < -0.39 is 5.91 Å². The number of nitrogens with zero attached hydrogens (tertiary/aromatic N) is 2. The number of amides is 1. The molecule has 0 fully saturated rings. The zero-order valence-corrected chi connectivity index (χ0v) is 19.1. The second-order valence-electron chi connectivity index (χ2n) is 6.59. The molecule has 2 aromatic heterocycles. The summed E-state index contributed by atoms with van der Waals surface area (Å²) < 4.78 is 13.7. The smallest absolute Gasteiger partial charge is 0.292 e. The highest BCUT2D eigenvalue weighted by atomic mass is 79.9. The molecule has 31 heavy (non-hydrogen) atoms. The largest absolute Gasteiger partial charge is 0.484 e. The van der Waals surface area contributed by atoms with Crippen molar-refractivity contribution in [1.82, 2.24) is 9.78 Å². The highest BCUT2D eigenvalue weighted by Gasteiger charge is 2.16. The minimum absolute atomic E-state index is 0.120. The van der Waals surface area contributed by atoms with Gasteiger partial charge in [0.2, 0.25) is 0 Å². The Kier molecular flexibility index (Phi) is 6.65. The van der Waals surface area contributed by atoms with Gasteiger partial charge in [-0.3, -0.25) is 9.48 Å². The molecule has 9 heteroatoms. The van der Waals surface area contributed by atoms with Crippen LogP contribution in [-0.4, -0.2) is 15.7 Å². The Hall–Kier alpha value is -2.74. The third-order valence-corrected chi connectivity index (χ3v) is 5.35. The van der Waals surface area contributed by atoms with Crippen LogP contribution in [0.5, 0.6) is 5.75 Å². The molecular formula is C22H16BrCl2N3O3. The molecule has 0 radical (unpaired) electrons. The van der Waals surface area contributed by atoms with E-state index in [4.69, 9.17) is 32.4 Å². The topological polar surface area (TPSA) is 69.3 Å². The van der Waals surface area contributed by atoms with Crippen molar-refractivity contribution in [2.75, 3.05) is 5.32 Å². The maximum Gasteiger partial charge on any atom is 0.292 e. The van der Waals surface area contributed by atoms with Crippen LogP contribution >= 0.6 is 39.1 Å². The fourth-order valence-corrected chi connectivity index (χ4v) is 3.75. The molecule has 0 atom stereocenters. The van der Waals surface area contributed by atoms with E-state index in [9.17, 15) is 4.79 Å². The van der Waals surface area contributed by atoms with Crippen LogP contribution in [0.2, 0.25) is 10.0 Å². The number of hydrogen-bond acceptors (Lipinski definition) is 4. The summed E-state index contributed by atoms with van der Waals surface area (Å²) in [6, 6.07) is 18.4. The summed E-state index contributed by atoms with van der Waals surface area (Å²) >= 11 is 15.7.